The molecule has 0 amide bonds. The molecule has 1 aromatic heterocycles. The fourth-order valence-electron chi connectivity index (χ4n) is 3.26. The third-order valence-electron chi connectivity index (χ3n) is 4.41. The van der Waals surface area contributed by atoms with Gasteiger partial charge >= 0.3 is 0 Å². The molecule has 1 saturated heterocycles. The van der Waals surface area contributed by atoms with E-state index in [1.807, 2.05) is 20.8 Å². The molecule has 3 rings (SSSR count). The predicted molar refractivity (Wildman–Crippen MR) is 85.6 cm³/mol. The Bertz CT molecular complexity index is 617. The summed E-state index contributed by atoms with van der Waals surface area (Å²) in [7, 11) is 0. The molecule has 2 fully saturated rings. The van der Waals surface area contributed by atoms with Gasteiger partial charge in [0.2, 0.25) is 5.90 Å². The van der Waals surface area contributed by atoms with Crippen molar-refractivity contribution < 1.29 is 19.3 Å². The number of nitrogens with one attached hydrogen (secondary N) is 1. The first-order chi connectivity index (χ1) is 11.3. The van der Waals surface area contributed by atoms with Gasteiger partial charge in [0.25, 0.3) is 0 Å². The van der Waals surface area contributed by atoms with Crippen LogP contribution in [0.15, 0.2) is 0 Å². The number of hydrogen-bond donors (Lipinski definition) is 3. The van der Waals surface area contributed by atoms with Crippen LogP contribution >= 0.6 is 0 Å². The second-order valence-corrected chi connectivity index (χ2v) is 6.73. The Morgan fingerprint density at radius 1 is 1.46 bits per heavy atom. The first-order valence-corrected chi connectivity index (χ1v) is 8.30. The molecule has 0 unspecified atom stereocenters. The van der Waals surface area contributed by atoms with E-state index in [2.05, 4.69) is 10.3 Å². The lowest BCUT2D eigenvalue weighted by atomic mass is 10.2. The molecule has 1 saturated carbocycles. The molecule has 0 radical (unpaired) electrons. The number of aromatic nitrogens is 3. The summed E-state index contributed by atoms with van der Waals surface area (Å²) in [5.74, 6) is -0.614. The molecule has 0 bridgehead atoms. The number of ether oxygens (including phenoxy) is 3. The summed E-state index contributed by atoms with van der Waals surface area (Å²) < 4.78 is 18.5. The highest BCUT2D eigenvalue weighted by Crippen LogP contribution is 2.44. The normalized spacial score (nSPS) is 31.2. The smallest absolute Gasteiger partial charge is 0.238 e. The summed E-state index contributed by atoms with van der Waals surface area (Å²) in [5.41, 5.74) is 6.33. The fourth-order valence-corrected chi connectivity index (χ4v) is 3.26. The number of nitrogen functional groups attached to an aromatic ring is 1. The van der Waals surface area contributed by atoms with Gasteiger partial charge in [0.15, 0.2) is 17.3 Å². The second-order valence-electron chi connectivity index (χ2n) is 6.73. The molecule has 2 aliphatic rings. The van der Waals surface area contributed by atoms with Crippen molar-refractivity contribution >= 4 is 11.7 Å². The Labute approximate surface area is 140 Å². The van der Waals surface area contributed by atoms with Crippen LogP contribution in [0.3, 0.4) is 0 Å². The van der Waals surface area contributed by atoms with E-state index in [1.165, 1.54) is 4.68 Å². The molecular weight excluding hydrogens is 314 g/mol. The van der Waals surface area contributed by atoms with Crippen molar-refractivity contribution in [1.82, 2.24) is 15.0 Å². The third-order valence-corrected chi connectivity index (χ3v) is 4.41. The second kappa shape index (κ2) is 6.30. The van der Waals surface area contributed by atoms with Crippen molar-refractivity contribution in [2.45, 2.75) is 70.2 Å². The zero-order chi connectivity index (χ0) is 17.5. The standard InChI is InChI=1S/C15H25N5O4/c1-4-5-6-22-14(17)10-13(16)20(19-18-10)8-7-9(21)12-11(8)23-15(2,3)24-12/h8-9,11-12,17,21H,4-7,16H2,1-3H3/t8-,9+,11+,12-/m1/s1. The SMILES string of the molecule is CCCCOC(=N)c1nnn([C@@H]2C[C@H](O)[C@H]3OC(C)(C)O[C@H]32)c1N. The number of anilines is 1. The van der Waals surface area contributed by atoms with E-state index >= 15 is 0 Å². The van der Waals surface area contributed by atoms with Gasteiger partial charge in [-0.15, -0.1) is 5.10 Å². The molecule has 0 aromatic carbocycles. The average molecular weight is 339 g/mol. The number of fused-ring (bicyclic) bond motifs is 1. The van der Waals surface area contributed by atoms with Gasteiger partial charge in [-0.1, -0.05) is 18.6 Å². The summed E-state index contributed by atoms with van der Waals surface area (Å²) in [4.78, 5) is 0. The lowest BCUT2D eigenvalue weighted by Crippen LogP contribution is -2.29. The van der Waals surface area contributed by atoms with Crippen LogP contribution in [0.2, 0.25) is 0 Å². The topological polar surface area (TPSA) is 128 Å². The van der Waals surface area contributed by atoms with E-state index in [1.54, 1.807) is 0 Å². The fraction of sp³-hybridized carbons (Fsp3) is 0.800. The van der Waals surface area contributed by atoms with E-state index < -0.39 is 18.0 Å². The average Bonchev–Trinajstić information content (AvgIpc) is 3.12. The van der Waals surface area contributed by atoms with Crippen molar-refractivity contribution in [1.29, 1.82) is 5.41 Å². The van der Waals surface area contributed by atoms with Crippen LogP contribution in [0.4, 0.5) is 5.82 Å². The Hall–Kier alpha value is -1.71. The van der Waals surface area contributed by atoms with Crippen LogP contribution in [0.1, 0.15) is 51.8 Å². The Morgan fingerprint density at radius 3 is 2.88 bits per heavy atom. The Kier molecular flexibility index (Phi) is 4.50. The van der Waals surface area contributed by atoms with Gasteiger partial charge in [-0.2, -0.15) is 0 Å². The quantitative estimate of drug-likeness (QED) is 0.411. The molecule has 9 nitrogen and oxygen atoms in total. The largest absolute Gasteiger partial charge is 0.476 e. The monoisotopic (exact) mass is 339 g/mol. The van der Waals surface area contributed by atoms with Gasteiger partial charge in [0.05, 0.1) is 18.8 Å². The Balaban J connectivity index is 1.77. The zero-order valence-corrected chi connectivity index (χ0v) is 14.2. The van der Waals surface area contributed by atoms with E-state index in [9.17, 15) is 5.11 Å². The van der Waals surface area contributed by atoms with Gasteiger partial charge in [-0.3, -0.25) is 5.41 Å². The van der Waals surface area contributed by atoms with Crippen molar-refractivity contribution in [2.24, 2.45) is 0 Å². The van der Waals surface area contributed by atoms with Crippen molar-refractivity contribution in [3.8, 4) is 0 Å². The highest BCUT2D eigenvalue weighted by atomic mass is 16.8. The number of unbranched alkanes of at least 4 members (excludes halogenated alkanes) is 1. The van der Waals surface area contributed by atoms with Crippen LogP contribution in [-0.4, -0.2) is 56.7 Å². The Morgan fingerprint density at radius 2 is 2.17 bits per heavy atom. The summed E-state index contributed by atoms with van der Waals surface area (Å²) in [5, 5.41) is 26.2. The molecule has 1 aliphatic carbocycles. The molecule has 2 heterocycles. The molecule has 134 valence electrons. The summed E-state index contributed by atoms with van der Waals surface area (Å²) in [6, 6.07) is -0.295. The lowest BCUT2D eigenvalue weighted by molar-refractivity contribution is -0.166. The van der Waals surface area contributed by atoms with Crippen LogP contribution in [0, 0.1) is 5.41 Å². The third kappa shape index (κ3) is 2.99. The van der Waals surface area contributed by atoms with Crippen molar-refractivity contribution in [3.05, 3.63) is 5.69 Å². The highest BCUT2D eigenvalue weighted by molar-refractivity contribution is 5.93. The number of nitrogens with two attached hydrogens (primary N) is 1. The highest BCUT2D eigenvalue weighted by Gasteiger charge is 2.55. The summed E-state index contributed by atoms with van der Waals surface area (Å²) in [6.45, 7) is 6.11. The molecule has 4 N–H and O–H groups in total. The van der Waals surface area contributed by atoms with Gasteiger partial charge in [0.1, 0.15) is 12.2 Å². The van der Waals surface area contributed by atoms with Gasteiger partial charge in [-0.25, -0.2) is 4.68 Å². The number of hydrogen-bond acceptors (Lipinski definition) is 8. The maximum atomic E-state index is 10.2. The predicted octanol–water partition coefficient (Wildman–Crippen LogP) is 0.828. The number of rotatable bonds is 5. The minimum atomic E-state index is -0.761. The van der Waals surface area contributed by atoms with Crippen molar-refractivity contribution in [2.75, 3.05) is 12.3 Å². The maximum Gasteiger partial charge on any atom is 0.238 e. The van der Waals surface area contributed by atoms with Crippen LogP contribution in [-0.2, 0) is 14.2 Å². The van der Waals surface area contributed by atoms with Gasteiger partial charge in [0, 0.05) is 6.42 Å². The molecule has 24 heavy (non-hydrogen) atoms. The van der Waals surface area contributed by atoms with Gasteiger partial charge < -0.3 is 25.1 Å². The van der Waals surface area contributed by atoms with E-state index in [4.69, 9.17) is 25.4 Å². The lowest BCUT2D eigenvalue weighted by Gasteiger charge is -2.22. The van der Waals surface area contributed by atoms with E-state index in [0.717, 1.165) is 12.8 Å². The van der Waals surface area contributed by atoms with Crippen molar-refractivity contribution in [3.63, 3.8) is 0 Å². The maximum absolute atomic E-state index is 10.2. The summed E-state index contributed by atoms with van der Waals surface area (Å²) in [6.07, 6.45) is 0.803. The molecule has 9 heteroatoms. The van der Waals surface area contributed by atoms with E-state index in [-0.39, 0.29) is 29.6 Å². The molecule has 1 aliphatic heterocycles. The molecule has 1 aromatic rings. The first-order valence-electron chi connectivity index (χ1n) is 8.30. The van der Waals surface area contributed by atoms with Crippen LogP contribution in [0.25, 0.3) is 0 Å². The minimum Gasteiger partial charge on any atom is -0.476 e. The number of aliphatic hydroxyl groups is 1. The number of nitrogens with zero attached hydrogens (tertiary/aromatic N) is 3. The van der Waals surface area contributed by atoms with E-state index in [0.29, 0.717) is 13.0 Å². The summed E-state index contributed by atoms with van der Waals surface area (Å²) >= 11 is 0. The molecule has 0 spiro atoms. The zero-order valence-electron chi connectivity index (χ0n) is 14.2. The molecular formula is C15H25N5O4. The minimum absolute atomic E-state index is 0.0915. The molecule has 4 atom stereocenters. The van der Waals surface area contributed by atoms with Crippen LogP contribution < -0.4 is 5.73 Å². The van der Waals surface area contributed by atoms with Gasteiger partial charge in [-0.05, 0) is 20.3 Å². The first kappa shape index (κ1) is 17.1. The number of aliphatic hydroxyl groups excluding tert-OH is 1. The van der Waals surface area contributed by atoms with Crippen LogP contribution in [0.5, 0.6) is 0 Å².